The molecule has 0 saturated carbocycles. The third kappa shape index (κ3) is 3.37. The molecule has 1 fully saturated rings. The minimum absolute atomic E-state index is 0.0537. The van der Waals surface area contributed by atoms with Gasteiger partial charge in [0.05, 0.1) is 0 Å². The fraction of sp³-hybridized carbons (Fsp3) is 0.667. The number of hydrogen-bond donors (Lipinski definition) is 1. The van der Waals surface area contributed by atoms with E-state index >= 15 is 0 Å². The van der Waals surface area contributed by atoms with Gasteiger partial charge in [-0.3, -0.25) is 4.79 Å². The molecular formula is C15H24N2OS. The summed E-state index contributed by atoms with van der Waals surface area (Å²) >= 11 is 1.73. The molecule has 1 aromatic rings. The maximum atomic E-state index is 12.6. The predicted octanol–water partition coefficient (Wildman–Crippen LogP) is 2.51. The van der Waals surface area contributed by atoms with E-state index < -0.39 is 0 Å². The van der Waals surface area contributed by atoms with Crippen molar-refractivity contribution in [3.05, 3.63) is 22.4 Å². The minimum Gasteiger partial charge on any atom is -0.338 e. The highest BCUT2D eigenvalue weighted by Gasteiger charge is 2.32. The molecule has 2 N–H and O–H groups in total. The maximum Gasteiger partial charge on any atom is 0.226 e. The highest BCUT2D eigenvalue weighted by Crippen LogP contribution is 2.25. The van der Waals surface area contributed by atoms with Crippen molar-refractivity contribution in [1.29, 1.82) is 0 Å². The van der Waals surface area contributed by atoms with E-state index in [1.165, 1.54) is 11.3 Å². The Morgan fingerprint density at radius 1 is 1.63 bits per heavy atom. The lowest BCUT2D eigenvalue weighted by molar-refractivity contribution is -0.139. The van der Waals surface area contributed by atoms with Crippen molar-refractivity contribution >= 4 is 17.2 Å². The van der Waals surface area contributed by atoms with Gasteiger partial charge in [-0.25, -0.2) is 0 Å². The van der Waals surface area contributed by atoms with E-state index in [2.05, 4.69) is 18.4 Å². The van der Waals surface area contributed by atoms with Crippen molar-refractivity contribution in [2.24, 2.45) is 17.6 Å². The van der Waals surface area contributed by atoms with Crippen molar-refractivity contribution in [3.63, 3.8) is 0 Å². The van der Waals surface area contributed by atoms with Crippen LogP contribution in [0.1, 0.15) is 31.6 Å². The maximum absolute atomic E-state index is 12.6. The van der Waals surface area contributed by atoms with Crippen LogP contribution in [0.4, 0.5) is 0 Å². The van der Waals surface area contributed by atoms with Gasteiger partial charge in [0.1, 0.15) is 0 Å². The van der Waals surface area contributed by atoms with Crippen LogP contribution in [0, 0.1) is 11.8 Å². The Morgan fingerprint density at radius 3 is 3.05 bits per heavy atom. The molecule has 2 heterocycles. The SMILES string of the molecule is C[C@H](Cc1cccs1)C(=O)N1CCC[C@@H](C)[C@H]1CN. The number of carbonyl (C=O) groups is 1. The summed E-state index contributed by atoms with van der Waals surface area (Å²) in [5, 5.41) is 2.07. The highest BCUT2D eigenvalue weighted by atomic mass is 32.1. The van der Waals surface area contributed by atoms with Gasteiger partial charge in [-0.1, -0.05) is 19.9 Å². The smallest absolute Gasteiger partial charge is 0.226 e. The fourth-order valence-corrected chi connectivity index (χ4v) is 3.82. The molecule has 0 aromatic carbocycles. The summed E-state index contributed by atoms with van der Waals surface area (Å²) in [7, 11) is 0. The second-order valence-electron chi connectivity index (χ2n) is 5.64. The standard InChI is InChI=1S/C15H24N2OS/c1-11-5-3-7-17(14(11)10-16)15(18)12(2)9-13-6-4-8-19-13/h4,6,8,11-12,14H,3,5,7,9-10,16H2,1-2H3/t11-,12-,14-/m1/s1. The molecule has 1 saturated heterocycles. The summed E-state index contributed by atoms with van der Waals surface area (Å²) in [6.45, 7) is 5.70. The lowest BCUT2D eigenvalue weighted by atomic mass is 9.89. The van der Waals surface area contributed by atoms with Gasteiger partial charge in [-0.2, -0.15) is 0 Å². The van der Waals surface area contributed by atoms with Gasteiger partial charge in [0.2, 0.25) is 5.91 Å². The molecule has 2 rings (SSSR count). The van der Waals surface area contributed by atoms with Crippen LogP contribution in [0.15, 0.2) is 17.5 Å². The zero-order valence-corrected chi connectivity index (χ0v) is 12.7. The Labute approximate surface area is 119 Å². The van der Waals surface area contributed by atoms with Crippen LogP contribution < -0.4 is 5.73 Å². The van der Waals surface area contributed by atoms with Crippen molar-refractivity contribution in [2.75, 3.05) is 13.1 Å². The van der Waals surface area contributed by atoms with Crippen LogP contribution in [-0.4, -0.2) is 29.9 Å². The number of piperidine rings is 1. The number of thiophene rings is 1. The molecule has 1 aliphatic rings. The third-order valence-electron chi connectivity index (χ3n) is 4.15. The van der Waals surface area contributed by atoms with E-state index in [0.29, 0.717) is 12.5 Å². The summed E-state index contributed by atoms with van der Waals surface area (Å²) in [5.74, 6) is 0.852. The molecule has 1 amide bonds. The van der Waals surface area contributed by atoms with Gasteiger partial charge in [0, 0.05) is 29.9 Å². The third-order valence-corrected chi connectivity index (χ3v) is 5.05. The van der Waals surface area contributed by atoms with E-state index in [4.69, 9.17) is 5.73 Å². The largest absolute Gasteiger partial charge is 0.338 e. The van der Waals surface area contributed by atoms with Gasteiger partial charge in [0.15, 0.2) is 0 Å². The molecule has 106 valence electrons. The molecule has 3 nitrogen and oxygen atoms in total. The Kier molecular flexibility index (Phi) is 4.99. The first kappa shape index (κ1) is 14.5. The Balaban J connectivity index is 2.00. The lowest BCUT2D eigenvalue weighted by Gasteiger charge is -2.40. The highest BCUT2D eigenvalue weighted by molar-refractivity contribution is 7.09. The molecule has 1 aromatic heterocycles. The van der Waals surface area contributed by atoms with Gasteiger partial charge in [-0.15, -0.1) is 11.3 Å². The van der Waals surface area contributed by atoms with Crippen LogP contribution in [0.2, 0.25) is 0 Å². The average molecular weight is 280 g/mol. The molecule has 3 atom stereocenters. The van der Waals surface area contributed by atoms with E-state index in [1.54, 1.807) is 11.3 Å². The Hall–Kier alpha value is -0.870. The van der Waals surface area contributed by atoms with E-state index in [0.717, 1.165) is 19.4 Å². The molecule has 0 radical (unpaired) electrons. The topological polar surface area (TPSA) is 46.3 Å². The summed E-state index contributed by atoms with van der Waals surface area (Å²) in [4.78, 5) is 15.9. The Morgan fingerprint density at radius 2 is 2.42 bits per heavy atom. The number of nitrogens with two attached hydrogens (primary N) is 1. The fourth-order valence-electron chi connectivity index (χ4n) is 2.98. The van der Waals surface area contributed by atoms with Gasteiger partial charge in [-0.05, 0) is 36.6 Å². The van der Waals surface area contributed by atoms with E-state index in [-0.39, 0.29) is 17.9 Å². The normalized spacial score (nSPS) is 25.3. The molecule has 0 spiro atoms. The predicted molar refractivity (Wildman–Crippen MR) is 80.1 cm³/mol. The van der Waals surface area contributed by atoms with Gasteiger partial charge < -0.3 is 10.6 Å². The molecule has 0 aliphatic carbocycles. The average Bonchev–Trinajstić information content (AvgIpc) is 2.90. The molecular weight excluding hydrogens is 256 g/mol. The first-order valence-electron chi connectivity index (χ1n) is 7.16. The first-order chi connectivity index (χ1) is 9.13. The van der Waals surface area contributed by atoms with Crippen LogP contribution in [0.3, 0.4) is 0 Å². The van der Waals surface area contributed by atoms with Crippen molar-refractivity contribution in [1.82, 2.24) is 4.90 Å². The monoisotopic (exact) mass is 280 g/mol. The number of amides is 1. The summed E-state index contributed by atoms with van der Waals surface area (Å²) in [6, 6.07) is 4.38. The second-order valence-corrected chi connectivity index (χ2v) is 6.67. The van der Waals surface area contributed by atoms with E-state index in [1.807, 2.05) is 17.9 Å². The number of carbonyl (C=O) groups excluding carboxylic acids is 1. The second kappa shape index (κ2) is 6.53. The molecule has 4 heteroatoms. The quantitative estimate of drug-likeness (QED) is 0.921. The number of likely N-dealkylation sites (tertiary alicyclic amines) is 1. The summed E-state index contributed by atoms with van der Waals surface area (Å²) < 4.78 is 0. The summed E-state index contributed by atoms with van der Waals surface area (Å²) in [6.07, 6.45) is 3.14. The Bertz CT molecular complexity index is 404. The molecule has 0 bridgehead atoms. The zero-order valence-electron chi connectivity index (χ0n) is 11.8. The zero-order chi connectivity index (χ0) is 13.8. The molecule has 1 aliphatic heterocycles. The molecule has 19 heavy (non-hydrogen) atoms. The number of hydrogen-bond acceptors (Lipinski definition) is 3. The van der Waals surface area contributed by atoms with Crippen molar-refractivity contribution in [3.8, 4) is 0 Å². The van der Waals surface area contributed by atoms with Crippen LogP contribution in [-0.2, 0) is 11.2 Å². The van der Waals surface area contributed by atoms with Gasteiger partial charge >= 0.3 is 0 Å². The van der Waals surface area contributed by atoms with Crippen molar-refractivity contribution in [2.45, 2.75) is 39.2 Å². The number of nitrogens with zero attached hydrogens (tertiary/aromatic N) is 1. The van der Waals surface area contributed by atoms with Crippen molar-refractivity contribution < 1.29 is 4.79 Å². The first-order valence-corrected chi connectivity index (χ1v) is 8.04. The lowest BCUT2D eigenvalue weighted by Crippen LogP contribution is -2.53. The van der Waals surface area contributed by atoms with E-state index in [9.17, 15) is 4.79 Å². The van der Waals surface area contributed by atoms with Gasteiger partial charge in [0.25, 0.3) is 0 Å². The minimum atomic E-state index is 0.0537. The molecule has 0 unspecified atom stereocenters. The van der Waals surface area contributed by atoms with Crippen LogP contribution in [0.25, 0.3) is 0 Å². The summed E-state index contributed by atoms with van der Waals surface area (Å²) in [5.41, 5.74) is 5.87. The van der Waals surface area contributed by atoms with Crippen LogP contribution >= 0.6 is 11.3 Å². The number of rotatable bonds is 4. The van der Waals surface area contributed by atoms with Crippen LogP contribution in [0.5, 0.6) is 0 Å².